The molecule has 0 radical (unpaired) electrons. The van der Waals surface area contributed by atoms with Gasteiger partial charge in [-0.3, -0.25) is 9.59 Å². The van der Waals surface area contributed by atoms with Crippen LogP contribution in [0.25, 0.3) is 0 Å². The van der Waals surface area contributed by atoms with Gasteiger partial charge in [0.15, 0.2) is 18.0 Å². The largest absolute Gasteiger partial charge is 0.451 e. The molecule has 0 aromatic carbocycles. The number of unbranched alkanes of at least 4 members (excludes halogenated alkanes) is 1. The third-order valence-electron chi connectivity index (χ3n) is 3.97. The monoisotopic (exact) mass is 432 g/mol. The first-order valence-electron chi connectivity index (χ1n) is 7.45. The summed E-state index contributed by atoms with van der Waals surface area (Å²) >= 11 is 6.80. The Hall–Kier alpha value is -0.750. The lowest BCUT2D eigenvalue weighted by molar-refractivity contribution is -0.685. The normalized spacial score (nSPS) is 24.4. The van der Waals surface area contributed by atoms with Gasteiger partial charge in [0, 0.05) is 6.42 Å². The first-order chi connectivity index (χ1) is 10.3. The second kappa shape index (κ2) is 7.21. The minimum absolute atomic E-state index is 0.0742. The van der Waals surface area contributed by atoms with Gasteiger partial charge >= 0.3 is 5.97 Å². The zero-order chi connectivity index (χ0) is 16.3. The molecule has 0 bridgehead atoms. The van der Waals surface area contributed by atoms with E-state index in [4.69, 9.17) is 4.74 Å². The fraction of sp³-hybridized carbons (Fsp3) is 0.562. The molecule has 2 atom stereocenters. The van der Waals surface area contributed by atoms with Gasteiger partial charge in [-0.05, 0) is 51.3 Å². The molecule has 1 fully saturated rings. The van der Waals surface area contributed by atoms with Crippen molar-refractivity contribution in [2.75, 3.05) is 0 Å². The van der Waals surface area contributed by atoms with Gasteiger partial charge in [-0.25, -0.2) is 0 Å². The summed E-state index contributed by atoms with van der Waals surface area (Å²) in [4.78, 5) is 24.6. The van der Waals surface area contributed by atoms with Crippen LogP contribution in [0.2, 0.25) is 0 Å². The van der Waals surface area contributed by atoms with E-state index in [1.165, 1.54) is 0 Å². The van der Waals surface area contributed by atoms with Gasteiger partial charge in [0.2, 0.25) is 12.3 Å². The van der Waals surface area contributed by atoms with Crippen LogP contribution < -0.4 is 4.57 Å². The Morgan fingerprint density at radius 3 is 2.64 bits per heavy atom. The summed E-state index contributed by atoms with van der Waals surface area (Å²) in [7, 11) is 0. The highest BCUT2D eigenvalue weighted by Gasteiger charge is 2.49. The zero-order valence-corrected chi connectivity index (χ0v) is 15.9. The van der Waals surface area contributed by atoms with Gasteiger partial charge in [-0.1, -0.05) is 19.8 Å². The van der Waals surface area contributed by atoms with Crippen molar-refractivity contribution in [3.8, 4) is 0 Å². The standard InChI is InChI=1S/C16H20Br2NO3/c1-3-4-5-11-7-16(2,22-15(11)21)14(20)10-19-8-12(17)6-13(18)9-19/h6,8-9,11H,3-5,7,10H2,1-2H3/q+1. The van der Waals surface area contributed by atoms with E-state index < -0.39 is 5.60 Å². The Morgan fingerprint density at radius 2 is 2.05 bits per heavy atom. The number of rotatable bonds is 6. The molecule has 120 valence electrons. The number of hydrogen-bond acceptors (Lipinski definition) is 3. The molecule has 0 saturated carbocycles. The molecule has 0 spiro atoms. The SMILES string of the molecule is CCCCC1CC(C)(C(=O)C[n+]2cc(Br)cc(Br)c2)OC1=O. The Bertz CT molecular complexity index is 571. The van der Waals surface area contributed by atoms with Crippen LogP contribution in [0.4, 0.5) is 0 Å². The van der Waals surface area contributed by atoms with E-state index in [0.717, 1.165) is 28.2 Å². The number of Topliss-reactive ketones (excluding diaryl/α,β-unsaturated/α-hetero) is 1. The van der Waals surface area contributed by atoms with Crippen LogP contribution in [0, 0.1) is 5.92 Å². The number of hydrogen-bond donors (Lipinski definition) is 0. The maximum Gasteiger partial charge on any atom is 0.310 e. The molecule has 0 amide bonds. The van der Waals surface area contributed by atoms with Crippen molar-refractivity contribution < 1.29 is 18.9 Å². The molecular formula is C16H20Br2NO3+. The average molecular weight is 434 g/mol. The van der Waals surface area contributed by atoms with Crippen LogP contribution in [0.3, 0.4) is 0 Å². The summed E-state index contributed by atoms with van der Waals surface area (Å²) in [5.74, 6) is -0.451. The van der Waals surface area contributed by atoms with E-state index in [1.807, 2.05) is 18.5 Å². The summed E-state index contributed by atoms with van der Waals surface area (Å²) in [6.45, 7) is 4.00. The number of esters is 1. The summed E-state index contributed by atoms with van der Waals surface area (Å²) in [6, 6.07) is 1.90. The third-order valence-corrected chi connectivity index (χ3v) is 4.84. The van der Waals surface area contributed by atoms with Crippen molar-refractivity contribution in [3.63, 3.8) is 0 Å². The molecule has 1 aromatic rings. The zero-order valence-electron chi connectivity index (χ0n) is 12.8. The van der Waals surface area contributed by atoms with Crippen molar-refractivity contribution in [2.45, 2.75) is 51.7 Å². The molecule has 6 heteroatoms. The lowest BCUT2D eigenvalue weighted by atomic mass is 9.89. The number of carbonyl (C=O) groups excluding carboxylic acids is 2. The van der Waals surface area contributed by atoms with Gasteiger partial charge in [0.1, 0.15) is 0 Å². The number of pyridine rings is 1. The quantitative estimate of drug-likeness (QED) is 0.508. The van der Waals surface area contributed by atoms with Gasteiger partial charge in [-0.2, -0.15) is 4.57 Å². The number of ether oxygens (including phenoxy) is 1. The third kappa shape index (κ3) is 4.16. The van der Waals surface area contributed by atoms with Crippen molar-refractivity contribution in [1.29, 1.82) is 0 Å². The van der Waals surface area contributed by atoms with Crippen LogP contribution in [0.5, 0.6) is 0 Å². The van der Waals surface area contributed by atoms with Gasteiger partial charge in [-0.15, -0.1) is 0 Å². The van der Waals surface area contributed by atoms with E-state index in [-0.39, 0.29) is 24.2 Å². The van der Waals surface area contributed by atoms with E-state index in [9.17, 15) is 9.59 Å². The number of ketones is 1. The first kappa shape index (κ1) is 17.6. The molecule has 1 aliphatic rings. The van der Waals surface area contributed by atoms with E-state index in [1.54, 1.807) is 11.5 Å². The highest BCUT2D eigenvalue weighted by atomic mass is 79.9. The first-order valence-corrected chi connectivity index (χ1v) is 9.04. The van der Waals surface area contributed by atoms with Crippen LogP contribution in [-0.2, 0) is 20.9 Å². The van der Waals surface area contributed by atoms with Crippen LogP contribution in [-0.4, -0.2) is 17.4 Å². The van der Waals surface area contributed by atoms with Crippen LogP contribution in [0.1, 0.15) is 39.5 Å². The minimum Gasteiger partial charge on any atom is -0.451 e. The Morgan fingerprint density at radius 1 is 1.41 bits per heavy atom. The fourth-order valence-corrected chi connectivity index (χ4v) is 4.05. The van der Waals surface area contributed by atoms with Gasteiger partial charge in [0.05, 0.1) is 14.9 Å². The second-order valence-electron chi connectivity index (χ2n) is 5.96. The highest BCUT2D eigenvalue weighted by molar-refractivity contribution is 9.11. The summed E-state index contributed by atoms with van der Waals surface area (Å²) in [6.07, 6.45) is 6.97. The molecule has 4 nitrogen and oxygen atoms in total. The molecular weight excluding hydrogens is 414 g/mol. The Balaban J connectivity index is 2.07. The molecule has 1 saturated heterocycles. The molecule has 0 aliphatic carbocycles. The molecule has 22 heavy (non-hydrogen) atoms. The predicted octanol–water partition coefficient (Wildman–Crippen LogP) is 3.58. The lowest BCUT2D eigenvalue weighted by Crippen LogP contribution is -2.46. The number of cyclic esters (lactones) is 1. The van der Waals surface area contributed by atoms with Crippen LogP contribution >= 0.6 is 31.9 Å². The Labute approximate surface area is 147 Å². The topological polar surface area (TPSA) is 47.2 Å². The molecule has 2 heterocycles. The van der Waals surface area contributed by atoms with Gasteiger partial charge in [0.25, 0.3) is 0 Å². The summed E-state index contributed by atoms with van der Waals surface area (Å²) < 4.78 is 8.97. The predicted molar refractivity (Wildman–Crippen MR) is 89.2 cm³/mol. The summed E-state index contributed by atoms with van der Waals surface area (Å²) in [5, 5.41) is 0. The maximum atomic E-state index is 12.6. The fourth-order valence-electron chi connectivity index (χ4n) is 2.73. The molecule has 2 unspecified atom stereocenters. The molecule has 2 rings (SSSR count). The average Bonchev–Trinajstić information content (AvgIpc) is 2.71. The maximum absolute atomic E-state index is 12.6. The van der Waals surface area contributed by atoms with Crippen molar-refractivity contribution in [3.05, 3.63) is 27.4 Å². The number of nitrogens with zero attached hydrogens (tertiary/aromatic N) is 1. The van der Waals surface area contributed by atoms with E-state index >= 15 is 0 Å². The minimum atomic E-state index is -1.00. The van der Waals surface area contributed by atoms with E-state index in [0.29, 0.717) is 6.42 Å². The lowest BCUT2D eigenvalue weighted by Gasteiger charge is -2.19. The number of halogens is 2. The van der Waals surface area contributed by atoms with Crippen LogP contribution in [0.15, 0.2) is 27.4 Å². The van der Waals surface area contributed by atoms with Crippen molar-refractivity contribution in [2.24, 2.45) is 5.92 Å². The van der Waals surface area contributed by atoms with Crippen molar-refractivity contribution in [1.82, 2.24) is 0 Å². The molecule has 1 aromatic heterocycles. The number of aromatic nitrogens is 1. The molecule has 1 aliphatic heterocycles. The number of carbonyl (C=O) groups is 2. The van der Waals surface area contributed by atoms with E-state index in [2.05, 4.69) is 38.8 Å². The Kier molecular flexibility index (Phi) is 5.77. The highest BCUT2D eigenvalue weighted by Crippen LogP contribution is 2.34. The van der Waals surface area contributed by atoms with Gasteiger partial charge < -0.3 is 4.74 Å². The smallest absolute Gasteiger partial charge is 0.310 e. The summed E-state index contributed by atoms with van der Waals surface area (Å²) in [5.41, 5.74) is -1.00. The second-order valence-corrected chi connectivity index (χ2v) is 7.79. The molecule has 0 N–H and O–H groups in total. The van der Waals surface area contributed by atoms with Crippen molar-refractivity contribution >= 4 is 43.6 Å².